The lowest BCUT2D eigenvalue weighted by Gasteiger charge is -2.09. The third-order valence-corrected chi connectivity index (χ3v) is 3.06. The lowest BCUT2D eigenvalue weighted by molar-refractivity contribution is 0.501. The van der Waals surface area contributed by atoms with Crippen molar-refractivity contribution in [2.45, 2.75) is 19.2 Å². The first-order chi connectivity index (χ1) is 7.99. The van der Waals surface area contributed by atoms with Crippen molar-refractivity contribution in [1.82, 2.24) is 0 Å². The van der Waals surface area contributed by atoms with Crippen LogP contribution in [0.2, 0.25) is 0 Å². The largest absolute Gasteiger partial charge is 0.466 e. The molecule has 1 unspecified atom stereocenters. The molecular formula is C13H11ClF2O. The van der Waals surface area contributed by atoms with Gasteiger partial charge in [-0.25, -0.2) is 8.78 Å². The maximum atomic E-state index is 13.6. The van der Waals surface area contributed by atoms with Crippen LogP contribution in [0.1, 0.15) is 28.0 Å². The van der Waals surface area contributed by atoms with Crippen LogP contribution in [0.4, 0.5) is 8.78 Å². The Morgan fingerprint density at radius 1 is 1.12 bits per heavy atom. The van der Waals surface area contributed by atoms with Crippen LogP contribution in [-0.4, -0.2) is 0 Å². The number of hydrogen-bond acceptors (Lipinski definition) is 1. The number of rotatable bonds is 2. The number of furan rings is 1. The van der Waals surface area contributed by atoms with Crippen molar-refractivity contribution in [2.24, 2.45) is 0 Å². The normalized spacial score (nSPS) is 12.8. The maximum Gasteiger partial charge on any atom is 0.131 e. The van der Waals surface area contributed by atoms with Crippen molar-refractivity contribution >= 4 is 11.6 Å². The highest BCUT2D eigenvalue weighted by molar-refractivity contribution is 6.22. The van der Waals surface area contributed by atoms with Gasteiger partial charge in [-0.05, 0) is 26.0 Å². The van der Waals surface area contributed by atoms with Crippen LogP contribution in [0.25, 0.3) is 0 Å². The Morgan fingerprint density at radius 2 is 1.82 bits per heavy atom. The first-order valence-electron chi connectivity index (χ1n) is 5.15. The van der Waals surface area contributed by atoms with Crippen LogP contribution >= 0.6 is 11.6 Å². The Morgan fingerprint density at radius 3 is 2.35 bits per heavy atom. The summed E-state index contributed by atoms with van der Waals surface area (Å²) in [6.07, 6.45) is 0. The Labute approximate surface area is 103 Å². The molecule has 1 heterocycles. The third kappa shape index (κ3) is 2.34. The average molecular weight is 257 g/mol. The van der Waals surface area contributed by atoms with Gasteiger partial charge in [-0.2, -0.15) is 0 Å². The fourth-order valence-corrected chi connectivity index (χ4v) is 2.17. The summed E-state index contributed by atoms with van der Waals surface area (Å²) in [6.45, 7) is 3.56. The molecule has 0 radical (unpaired) electrons. The molecule has 4 heteroatoms. The highest BCUT2D eigenvalue weighted by Gasteiger charge is 2.20. The fraction of sp³-hybridized carbons (Fsp3) is 0.231. The van der Waals surface area contributed by atoms with Gasteiger partial charge >= 0.3 is 0 Å². The minimum atomic E-state index is -0.673. The second-order valence-corrected chi connectivity index (χ2v) is 4.33. The molecule has 17 heavy (non-hydrogen) atoms. The van der Waals surface area contributed by atoms with E-state index in [1.807, 2.05) is 0 Å². The minimum absolute atomic E-state index is 0.247. The zero-order chi connectivity index (χ0) is 12.6. The molecule has 1 aromatic carbocycles. The fourth-order valence-electron chi connectivity index (χ4n) is 1.78. The van der Waals surface area contributed by atoms with Gasteiger partial charge in [-0.3, -0.25) is 0 Å². The standard InChI is InChI=1S/C13H11ClF2O/c1-7-5-11(8(2)17-7)13(14)10-4-3-9(15)6-12(10)16/h3-6,13H,1-2H3. The molecule has 1 aromatic heterocycles. The van der Waals surface area contributed by atoms with Gasteiger partial charge in [0.25, 0.3) is 0 Å². The topological polar surface area (TPSA) is 13.1 Å². The van der Waals surface area contributed by atoms with Gasteiger partial charge in [0, 0.05) is 17.2 Å². The molecule has 2 aromatic rings. The van der Waals surface area contributed by atoms with E-state index in [9.17, 15) is 8.78 Å². The number of halogens is 3. The summed E-state index contributed by atoms with van der Waals surface area (Å²) in [5.41, 5.74) is 0.951. The molecular weight excluding hydrogens is 246 g/mol. The summed E-state index contributed by atoms with van der Waals surface area (Å²) in [7, 11) is 0. The van der Waals surface area contributed by atoms with Crippen molar-refractivity contribution in [3.05, 3.63) is 58.5 Å². The summed E-state index contributed by atoms with van der Waals surface area (Å²) in [5, 5.41) is -0.673. The Kier molecular flexibility index (Phi) is 3.20. The summed E-state index contributed by atoms with van der Waals surface area (Å²) in [4.78, 5) is 0. The zero-order valence-electron chi connectivity index (χ0n) is 9.43. The Bertz CT molecular complexity index is 548. The smallest absolute Gasteiger partial charge is 0.131 e. The van der Waals surface area contributed by atoms with Gasteiger partial charge in [0.1, 0.15) is 23.2 Å². The quantitative estimate of drug-likeness (QED) is 0.721. The number of aryl methyl sites for hydroxylation is 2. The van der Waals surface area contributed by atoms with Crippen molar-refractivity contribution < 1.29 is 13.2 Å². The molecule has 0 aliphatic carbocycles. The molecule has 0 aliphatic heterocycles. The lowest BCUT2D eigenvalue weighted by Crippen LogP contribution is -1.98. The van der Waals surface area contributed by atoms with Gasteiger partial charge in [-0.15, -0.1) is 11.6 Å². The summed E-state index contributed by atoms with van der Waals surface area (Å²) < 4.78 is 31.7. The molecule has 0 fully saturated rings. The van der Waals surface area contributed by atoms with Gasteiger partial charge in [0.15, 0.2) is 0 Å². The molecule has 0 saturated heterocycles. The zero-order valence-corrected chi connectivity index (χ0v) is 10.2. The van der Waals surface area contributed by atoms with E-state index in [0.29, 0.717) is 17.1 Å². The SMILES string of the molecule is Cc1cc(C(Cl)c2ccc(F)cc2F)c(C)o1. The molecule has 0 aliphatic rings. The van der Waals surface area contributed by atoms with Crippen molar-refractivity contribution in [3.63, 3.8) is 0 Å². The number of alkyl halides is 1. The van der Waals surface area contributed by atoms with Gasteiger partial charge in [0.2, 0.25) is 0 Å². The van der Waals surface area contributed by atoms with Crippen LogP contribution in [0.3, 0.4) is 0 Å². The predicted octanol–water partition coefficient (Wildman–Crippen LogP) is 4.50. The van der Waals surface area contributed by atoms with Gasteiger partial charge < -0.3 is 4.42 Å². The van der Waals surface area contributed by atoms with Crippen LogP contribution in [0, 0.1) is 25.5 Å². The van der Waals surface area contributed by atoms with Gasteiger partial charge in [-0.1, -0.05) is 6.07 Å². The van der Waals surface area contributed by atoms with Crippen LogP contribution in [0.5, 0.6) is 0 Å². The molecule has 0 spiro atoms. The van der Waals surface area contributed by atoms with E-state index in [1.165, 1.54) is 12.1 Å². The maximum absolute atomic E-state index is 13.6. The van der Waals surface area contributed by atoms with E-state index in [4.69, 9.17) is 16.0 Å². The first kappa shape index (κ1) is 12.1. The molecule has 2 rings (SSSR count). The Balaban J connectivity index is 2.43. The first-order valence-corrected chi connectivity index (χ1v) is 5.58. The van der Waals surface area contributed by atoms with Crippen molar-refractivity contribution in [3.8, 4) is 0 Å². The third-order valence-electron chi connectivity index (χ3n) is 2.59. The van der Waals surface area contributed by atoms with E-state index < -0.39 is 17.0 Å². The van der Waals surface area contributed by atoms with Crippen LogP contribution < -0.4 is 0 Å². The van der Waals surface area contributed by atoms with Crippen LogP contribution in [0.15, 0.2) is 28.7 Å². The van der Waals surface area contributed by atoms with E-state index in [-0.39, 0.29) is 5.56 Å². The highest BCUT2D eigenvalue weighted by atomic mass is 35.5. The molecule has 0 saturated carbocycles. The molecule has 0 bridgehead atoms. The summed E-state index contributed by atoms with van der Waals surface area (Å²) in [5.74, 6) is 0.0929. The number of hydrogen-bond donors (Lipinski definition) is 0. The van der Waals surface area contributed by atoms with Crippen molar-refractivity contribution in [2.75, 3.05) is 0 Å². The monoisotopic (exact) mass is 256 g/mol. The average Bonchev–Trinajstić information content (AvgIpc) is 2.57. The van der Waals surface area contributed by atoms with E-state index in [2.05, 4.69) is 0 Å². The minimum Gasteiger partial charge on any atom is -0.466 e. The Hall–Kier alpha value is -1.35. The molecule has 0 amide bonds. The molecule has 1 atom stereocenters. The second-order valence-electron chi connectivity index (χ2n) is 3.90. The second kappa shape index (κ2) is 4.49. The number of benzene rings is 1. The summed E-state index contributed by atoms with van der Waals surface area (Å²) in [6, 6.07) is 5.13. The molecule has 1 nitrogen and oxygen atoms in total. The summed E-state index contributed by atoms with van der Waals surface area (Å²) >= 11 is 6.19. The van der Waals surface area contributed by atoms with Gasteiger partial charge in [0.05, 0.1) is 5.38 Å². The van der Waals surface area contributed by atoms with Crippen molar-refractivity contribution in [1.29, 1.82) is 0 Å². The molecule has 90 valence electrons. The van der Waals surface area contributed by atoms with E-state index in [0.717, 1.165) is 6.07 Å². The molecule has 0 N–H and O–H groups in total. The van der Waals surface area contributed by atoms with E-state index in [1.54, 1.807) is 19.9 Å². The predicted molar refractivity (Wildman–Crippen MR) is 62.2 cm³/mol. The van der Waals surface area contributed by atoms with E-state index >= 15 is 0 Å². The highest BCUT2D eigenvalue weighted by Crippen LogP contribution is 2.34. The van der Waals surface area contributed by atoms with Crippen LogP contribution in [-0.2, 0) is 0 Å². The lowest BCUT2D eigenvalue weighted by atomic mass is 10.0.